The lowest BCUT2D eigenvalue weighted by atomic mass is 10.3. The summed E-state index contributed by atoms with van der Waals surface area (Å²) in [5.74, 6) is 0.0645. The van der Waals surface area contributed by atoms with Gasteiger partial charge in [-0.25, -0.2) is 9.61 Å². The summed E-state index contributed by atoms with van der Waals surface area (Å²) in [6, 6.07) is 7.75. The second-order valence-corrected chi connectivity index (χ2v) is 4.66. The van der Waals surface area contributed by atoms with Crippen LogP contribution in [0.5, 0.6) is 0 Å². The Morgan fingerprint density at radius 3 is 2.94 bits per heavy atom. The molecule has 0 radical (unpaired) electrons. The molecule has 0 bridgehead atoms. The fourth-order valence-electron chi connectivity index (χ4n) is 1.55. The van der Waals surface area contributed by atoms with Crippen LogP contribution in [0.15, 0.2) is 28.9 Å². The number of nitrogens with one attached hydrogen (secondary N) is 1. The fraction of sp³-hybridized carbons (Fsp3) is 0.0909. The third-order valence-electron chi connectivity index (χ3n) is 2.28. The van der Waals surface area contributed by atoms with E-state index in [2.05, 4.69) is 25.2 Å². The van der Waals surface area contributed by atoms with Crippen LogP contribution in [-0.2, 0) is 4.79 Å². The van der Waals surface area contributed by atoms with Gasteiger partial charge in [-0.2, -0.15) is 0 Å². The predicted molar refractivity (Wildman–Crippen MR) is 67.2 cm³/mol. The van der Waals surface area contributed by atoms with Crippen molar-refractivity contribution in [2.24, 2.45) is 0 Å². The standard InChI is InChI=1S/C11H8N4O2S/c1-6(16)12-10-9(14-17-15-10)11-13-7-4-2-3-5-8(7)18-11/h2-5H,1H3,(H,12,15,16). The SMILES string of the molecule is CC(=O)Nc1nonc1-c1nc2ccccc2s1. The van der Waals surface area contributed by atoms with Gasteiger partial charge in [0.05, 0.1) is 10.2 Å². The maximum absolute atomic E-state index is 11.0. The molecule has 3 rings (SSSR count). The van der Waals surface area contributed by atoms with Crippen LogP contribution in [0.4, 0.5) is 5.82 Å². The molecule has 1 aromatic carbocycles. The fourth-order valence-corrected chi connectivity index (χ4v) is 2.50. The van der Waals surface area contributed by atoms with Crippen molar-refractivity contribution in [2.45, 2.75) is 6.92 Å². The molecule has 1 amide bonds. The molecule has 6 nitrogen and oxygen atoms in total. The van der Waals surface area contributed by atoms with Crippen molar-refractivity contribution >= 4 is 33.3 Å². The van der Waals surface area contributed by atoms with E-state index in [-0.39, 0.29) is 5.91 Å². The number of para-hydroxylation sites is 1. The van der Waals surface area contributed by atoms with Gasteiger partial charge >= 0.3 is 0 Å². The van der Waals surface area contributed by atoms with Gasteiger partial charge in [0.15, 0.2) is 10.7 Å². The summed E-state index contributed by atoms with van der Waals surface area (Å²) in [6.07, 6.45) is 0. The number of hydrogen-bond acceptors (Lipinski definition) is 6. The van der Waals surface area contributed by atoms with Gasteiger partial charge in [0, 0.05) is 6.92 Å². The van der Waals surface area contributed by atoms with Gasteiger partial charge < -0.3 is 5.32 Å². The topological polar surface area (TPSA) is 80.9 Å². The Balaban J connectivity index is 2.08. The molecule has 18 heavy (non-hydrogen) atoms. The summed E-state index contributed by atoms with van der Waals surface area (Å²) in [6.45, 7) is 1.40. The molecule has 1 N–H and O–H groups in total. The minimum absolute atomic E-state index is 0.229. The summed E-state index contributed by atoms with van der Waals surface area (Å²) in [4.78, 5) is 15.5. The Bertz CT molecular complexity index is 685. The maximum atomic E-state index is 11.0. The molecular weight excluding hydrogens is 252 g/mol. The molecule has 2 heterocycles. The van der Waals surface area contributed by atoms with E-state index in [4.69, 9.17) is 0 Å². The lowest BCUT2D eigenvalue weighted by Gasteiger charge is -1.95. The highest BCUT2D eigenvalue weighted by Gasteiger charge is 2.17. The Labute approximate surface area is 106 Å². The van der Waals surface area contributed by atoms with E-state index in [9.17, 15) is 4.79 Å². The normalized spacial score (nSPS) is 10.7. The molecule has 2 aromatic heterocycles. The Hall–Kier alpha value is -2.28. The molecule has 3 aromatic rings. The molecule has 0 aliphatic rings. The molecule has 0 unspecified atom stereocenters. The van der Waals surface area contributed by atoms with Crippen molar-refractivity contribution in [3.8, 4) is 10.7 Å². The third kappa shape index (κ3) is 1.84. The van der Waals surface area contributed by atoms with Crippen molar-refractivity contribution in [1.82, 2.24) is 15.3 Å². The third-order valence-corrected chi connectivity index (χ3v) is 3.32. The number of nitrogens with zero attached hydrogens (tertiary/aromatic N) is 3. The highest BCUT2D eigenvalue weighted by Crippen LogP contribution is 2.32. The van der Waals surface area contributed by atoms with Crippen molar-refractivity contribution in [2.75, 3.05) is 5.32 Å². The van der Waals surface area contributed by atoms with E-state index in [1.807, 2.05) is 24.3 Å². The first kappa shape index (κ1) is 10.8. The number of anilines is 1. The highest BCUT2D eigenvalue weighted by atomic mass is 32.1. The maximum Gasteiger partial charge on any atom is 0.222 e. The second kappa shape index (κ2) is 4.19. The molecule has 0 aliphatic heterocycles. The van der Waals surface area contributed by atoms with Gasteiger partial charge in [-0.15, -0.1) is 11.3 Å². The van der Waals surface area contributed by atoms with E-state index in [1.165, 1.54) is 18.3 Å². The van der Waals surface area contributed by atoms with Crippen LogP contribution in [0.1, 0.15) is 6.92 Å². The number of carbonyl (C=O) groups is 1. The molecule has 0 saturated carbocycles. The lowest BCUT2D eigenvalue weighted by Crippen LogP contribution is -2.06. The minimum Gasteiger partial charge on any atom is -0.306 e. The molecule has 90 valence electrons. The average molecular weight is 260 g/mol. The van der Waals surface area contributed by atoms with Gasteiger partial charge in [0.1, 0.15) is 0 Å². The van der Waals surface area contributed by atoms with Gasteiger partial charge in [0.25, 0.3) is 0 Å². The molecule has 0 atom stereocenters. The van der Waals surface area contributed by atoms with Crippen molar-refractivity contribution < 1.29 is 9.42 Å². The Morgan fingerprint density at radius 2 is 2.17 bits per heavy atom. The zero-order valence-corrected chi connectivity index (χ0v) is 10.2. The molecule has 0 spiro atoms. The number of amides is 1. The van der Waals surface area contributed by atoms with Crippen LogP contribution in [0, 0.1) is 0 Å². The van der Waals surface area contributed by atoms with Crippen molar-refractivity contribution in [1.29, 1.82) is 0 Å². The molecule has 0 saturated heterocycles. The van der Waals surface area contributed by atoms with Crippen LogP contribution in [0.3, 0.4) is 0 Å². The largest absolute Gasteiger partial charge is 0.306 e. The lowest BCUT2D eigenvalue weighted by molar-refractivity contribution is -0.114. The van der Waals surface area contributed by atoms with Gasteiger partial charge in [-0.3, -0.25) is 4.79 Å². The van der Waals surface area contributed by atoms with Gasteiger partial charge in [-0.05, 0) is 22.4 Å². The first-order chi connectivity index (χ1) is 8.74. The number of carbonyl (C=O) groups excluding carboxylic acids is 1. The zero-order valence-electron chi connectivity index (χ0n) is 9.38. The summed E-state index contributed by atoms with van der Waals surface area (Å²) in [5.41, 5.74) is 1.33. The van der Waals surface area contributed by atoms with Crippen LogP contribution >= 0.6 is 11.3 Å². The van der Waals surface area contributed by atoms with Crippen LogP contribution in [0.2, 0.25) is 0 Å². The molecular formula is C11H8N4O2S. The van der Waals surface area contributed by atoms with Crippen molar-refractivity contribution in [3.63, 3.8) is 0 Å². The Kier molecular flexibility index (Phi) is 2.52. The molecule has 0 aliphatic carbocycles. The number of aromatic nitrogens is 3. The van der Waals surface area contributed by atoms with Gasteiger partial charge in [0.2, 0.25) is 11.7 Å². The van der Waals surface area contributed by atoms with E-state index in [0.717, 1.165) is 10.2 Å². The van der Waals surface area contributed by atoms with Crippen LogP contribution in [-0.4, -0.2) is 21.2 Å². The summed E-state index contributed by atoms with van der Waals surface area (Å²) < 4.78 is 5.69. The summed E-state index contributed by atoms with van der Waals surface area (Å²) in [5, 5.41) is 10.7. The predicted octanol–water partition coefficient (Wildman–Crippen LogP) is 2.30. The van der Waals surface area contributed by atoms with Gasteiger partial charge in [-0.1, -0.05) is 12.1 Å². The van der Waals surface area contributed by atoms with Crippen molar-refractivity contribution in [3.05, 3.63) is 24.3 Å². The first-order valence-electron chi connectivity index (χ1n) is 5.20. The van der Waals surface area contributed by atoms with E-state index in [1.54, 1.807) is 0 Å². The van der Waals surface area contributed by atoms with E-state index in [0.29, 0.717) is 16.5 Å². The molecule has 7 heteroatoms. The monoisotopic (exact) mass is 260 g/mol. The van der Waals surface area contributed by atoms with E-state index >= 15 is 0 Å². The smallest absolute Gasteiger partial charge is 0.222 e. The number of hydrogen-bond donors (Lipinski definition) is 1. The quantitative estimate of drug-likeness (QED) is 0.764. The number of rotatable bonds is 2. The zero-order chi connectivity index (χ0) is 12.5. The molecule has 0 fully saturated rings. The summed E-state index contributed by atoms with van der Waals surface area (Å²) in [7, 11) is 0. The number of fused-ring (bicyclic) bond motifs is 1. The number of thiazole rings is 1. The van der Waals surface area contributed by atoms with E-state index < -0.39 is 0 Å². The minimum atomic E-state index is -0.229. The van der Waals surface area contributed by atoms with Crippen LogP contribution < -0.4 is 5.32 Å². The van der Waals surface area contributed by atoms with Crippen LogP contribution in [0.25, 0.3) is 20.9 Å². The summed E-state index contributed by atoms with van der Waals surface area (Å²) >= 11 is 1.47. The average Bonchev–Trinajstić information content (AvgIpc) is 2.93. The first-order valence-corrected chi connectivity index (χ1v) is 6.02. The Morgan fingerprint density at radius 1 is 1.33 bits per heavy atom. The second-order valence-electron chi connectivity index (χ2n) is 3.63. The number of benzene rings is 1. The highest BCUT2D eigenvalue weighted by molar-refractivity contribution is 7.21.